The third-order valence-electron chi connectivity index (χ3n) is 3.50. The van der Waals surface area contributed by atoms with Crippen LogP contribution in [0.4, 0.5) is 5.69 Å². The van der Waals surface area contributed by atoms with E-state index in [0.29, 0.717) is 12.3 Å². The van der Waals surface area contributed by atoms with Gasteiger partial charge in [0.25, 0.3) is 0 Å². The Kier molecular flexibility index (Phi) is 4.99. The molecule has 1 aromatic carbocycles. The maximum atomic E-state index is 12.0. The van der Waals surface area contributed by atoms with Gasteiger partial charge in [-0.25, -0.2) is 4.98 Å². The van der Waals surface area contributed by atoms with E-state index in [1.54, 1.807) is 0 Å². The molecule has 1 atom stereocenters. The molecular weight excluding hydrogens is 264 g/mol. The van der Waals surface area contributed by atoms with Crippen LogP contribution in [0.5, 0.6) is 0 Å². The van der Waals surface area contributed by atoms with Crippen molar-refractivity contribution >= 4 is 22.7 Å². The number of nitrogens with zero attached hydrogens (tertiary/aromatic N) is 1. The Morgan fingerprint density at radius 2 is 2.10 bits per heavy atom. The highest BCUT2D eigenvalue weighted by Crippen LogP contribution is 2.24. The Morgan fingerprint density at radius 1 is 1.33 bits per heavy atom. The minimum absolute atomic E-state index is 0.0582. The fourth-order valence-electron chi connectivity index (χ4n) is 2.39. The normalized spacial score (nSPS) is 12.8. The first kappa shape index (κ1) is 15.5. The predicted octanol–water partition coefficient (Wildman–Crippen LogP) is 4.72. The SMILES string of the molecule is CCCC(C)CC(=O)Nc1ccc2oc(C(C)C)nc2c1. The summed E-state index contributed by atoms with van der Waals surface area (Å²) in [6.07, 6.45) is 2.74. The Bertz CT molecular complexity index is 616. The van der Waals surface area contributed by atoms with Crippen LogP contribution >= 0.6 is 0 Å². The smallest absolute Gasteiger partial charge is 0.224 e. The van der Waals surface area contributed by atoms with Crippen molar-refractivity contribution in [3.05, 3.63) is 24.1 Å². The van der Waals surface area contributed by atoms with Crippen LogP contribution in [0.1, 0.15) is 58.8 Å². The minimum atomic E-state index is 0.0582. The monoisotopic (exact) mass is 288 g/mol. The largest absolute Gasteiger partial charge is 0.440 e. The highest BCUT2D eigenvalue weighted by Gasteiger charge is 2.12. The molecule has 2 rings (SSSR count). The highest BCUT2D eigenvalue weighted by atomic mass is 16.3. The van der Waals surface area contributed by atoms with Crippen LogP contribution < -0.4 is 5.32 Å². The number of carbonyl (C=O) groups excluding carboxylic acids is 1. The number of nitrogens with one attached hydrogen (secondary N) is 1. The van der Waals surface area contributed by atoms with E-state index in [4.69, 9.17) is 4.42 Å². The van der Waals surface area contributed by atoms with Crippen molar-refractivity contribution < 1.29 is 9.21 Å². The fourth-order valence-corrected chi connectivity index (χ4v) is 2.39. The average molecular weight is 288 g/mol. The molecule has 0 radical (unpaired) electrons. The molecule has 1 amide bonds. The zero-order valence-corrected chi connectivity index (χ0v) is 13.3. The van der Waals surface area contributed by atoms with Gasteiger partial charge in [-0.15, -0.1) is 0 Å². The van der Waals surface area contributed by atoms with Gasteiger partial charge in [0.05, 0.1) is 0 Å². The third kappa shape index (κ3) is 4.06. The standard InChI is InChI=1S/C17H24N2O2/c1-5-6-12(4)9-16(20)18-13-7-8-15-14(10-13)19-17(21-15)11(2)3/h7-8,10-12H,5-6,9H2,1-4H3,(H,18,20). The molecular formula is C17H24N2O2. The average Bonchev–Trinajstić information content (AvgIpc) is 2.81. The highest BCUT2D eigenvalue weighted by molar-refractivity contribution is 5.92. The summed E-state index contributed by atoms with van der Waals surface area (Å²) in [7, 11) is 0. The number of oxazole rings is 1. The van der Waals surface area contributed by atoms with E-state index in [1.807, 2.05) is 32.0 Å². The topological polar surface area (TPSA) is 55.1 Å². The van der Waals surface area contributed by atoms with Gasteiger partial charge in [-0.1, -0.05) is 40.5 Å². The lowest BCUT2D eigenvalue weighted by atomic mass is 10.0. The molecule has 2 aromatic rings. The maximum Gasteiger partial charge on any atom is 0.224 e. The molecule has 0 saturated heterocycles. The van der Waals surface area contributed by atoms with E-state index in [9.17, 15) is 4.79 Å². The van der Waals surface area contributed by atoms with Gasteiger partial charge in [-0.05, 0) is 24.1 Å². The Hall–Kier alpha value is -1.84. The molecule has 1 aromatic heterocycles. The number of anilines is 1. The first-order chi connectivity index (χ1) is 9.99. The molecule has 114 valence electrons. The molecule has 0 bridgehead atoms. The van der Waals surface area contributed by atoms with Crippen molar-refractivity contribution in [2.45, 2.75) is 52.9 Å². The molecule has 0 spiro atoms. The minimum Gasteiger partial charge on any atom is -0.440 e. The molecule has 0 saturated carbocycles. The van der Waals surface area contributed by atoms with E-state index < -0.39 is 0 Å². The number of aromatic nitrogens is 1. The number of amides is 1. The molecule has 0 fully saturated rings. The van der Waals surface area contributed by atoms with Gasteiger partial charge in [0, 0.05) is 18.0 Å². The molecule has 4 heteroatoms. The molecule has 0 aliphatic heterocycles. The maximum absolute atomic E-state index is 12.0. The van der Waals surface area contributed by atoms with Gasteiger partial charge in [0.2, 0.25) is 5.91 Å². The van der Waals surface area contributed by atoms with Gasteiger partial charge in [0.15, 0.2) is 11.5 Å². The van der Waals surface area contributed by atoms with Crippen molar-refractivity contribution in [3.63, 3.8) is 0 Å². The van der Waals surface area contributed by atoms with E-state index in [-0.39, 0.29) is 11.8 Å². The number of hydrogen-bond acceptors (Lipinski definition) is 3. The van der Waals surface area contributed by atoms with Gasteiger partial charge in [-0.3, -0.25) is 4.79 Å². The Labute approximate surface area is 125 Å². The summed E-state index contributed by atoms with van der Waals surface area (Å²) < 4.78 is 5.66. The van der Waals surface area contributed by atoms with Crippen LogP contribution in [0, 0.1) is 5.92 Å². The van der Waals surface area contributed by atoms with Crippen LogP contribution in [0.15, 0.2) is 22.6 Å². The zero-order chi connectivity index (χ0) is 15.4. The first-order valence-electron chi connectivity index (χ1n) is 7.70. The molecule has 1 unspecified atom stereocenters. The van der Waals surface area contributed by atoms with Crippen molar-refractivity contribution in [1.29, 1.82) is 0 Å². The first-order valence-corrected chi connectivity index (χ1v) is 7.70. The second kappa shape index (κ2) is 6.74. The van der Waals surface area contributed by atoms with Gasteiger partial charge < -0.3 is 9.73 Å². The third-order valence-corrected chi connectivity index (χ3v) is 3.50. The number of benzene rings is 1. The second-order valence-corrected chi connectivity index (χ2v) is 6.04. The van der Waals surface area contributed by atoms with Crippen LogP contribution in [0.2, 0.25) is 0 Å². The van der Waals surface area contributed by atoms with Crippen LogP contribution in [0.25, 0.3) is 11.1 Å². The van der Waals surface area contributed by atoms with E-state index in [0.717, 1.165) is 35.5 Å². The summed E-state index contributed by atoms with van der Waals surface area (Å²) in [4.78, 5) is 16.4. The lowest BCUT2D eigenvalue weighted by Gasteiger charge is -2.10. The summed E-state index contributed by atoms with van der Waals surface area (Å²) in [5.41, 5.74) is 2.33. The Balaban J connectivity index is 2.07. The van der Waals surface area contributed by atoms with E-state index in [2.05, 4.69) is 24.1 Å². The molecule has 1 heterocycles. The Morgan fingerprint density at radius 3 is 2.76 bits per heavy atom. The number of fused-ring (bicyclic) bond motifs is 1. The predicted molar refractivity (Wildman–Crippen MR) is 85.4 cm³/mol. The lowest BCUT2D eigenvalue weighted by molar-refractivity contribution is -0.117. The summed E-state index contributed by atoms with van der Waals surface area (Å²) in [6, 6.07) is 5.59. The van der Waals surface area contributed by atoms with Gasteiger partial charge >= 0.3 is 0 Å². The van der Waals surface area contributed by atoms with Crippen molar-refractivity contribution in [2.75, 3.05) is 5.32 Å². The van der Waals surface area contributed by atoms with E-state index in [1.165, 1.54) is 0 Å². The van der Waals surface area contributed by atoms with Crippen molar-refractivity contribution in [2.24, 2.45) is 5.92 Å². The lowest BCUT2D eigenvalue weighted by Crippen LogP contribution is -2.15. The summed E-state index contributed by atoms with van der Waals surface area (Å²) in [5, 5.41) is 2.94. The van der Waals surface area contributed by atoms with Gasteiger partial charge in [0.1, 0.15) is 5.52 Å². The molecule has 0 aliphatic carbocycles. The number of carbonyl (C=O) groups is 1. The molecule has 1 N–H and O–H groups in total. The molecule has 21 heavy (non-hydrogen) atoms. The zero-order valence-electron chi connectivity index (χ0n) is 13.3. The van der Waals surface area contributed by atoms with Crippen molar-refractivity contribution in [1.82, 2.24) is 4.98 Å². The summed E-state index contributed by atoms with van der Waals surface area (Å²) >= 11 is 0. The van der Waals surface area contributed by atoms with Crippen LogP contribution in [-0.4, -0.2) is 10.9 Å². The molecule has 0 aliphatic rings. The fraction of sp³-hybridized carbons (Fsp3) is 0.529. The summed E-state index contributed by atoms with van der Waals surface area (Å²) in [6.45, 7) is 8.34. The van der Waals surface area contributed by atoms with Crippen LogP contribution in [-0.2, 0) is 4.79 Å². The second-order valence-electron chi connectivity index (χ2n) is 6.04. The van der Waals surface area contributed by atoms with Crippen LogP contribution in [0.3, 0.4) is 0 Å². The van der Waals surface area contributed by atoms with Crippen molar-refractivity contribution in [3.8, 4) is 0 Å². The number of hydrogen-bond donors (Lipinski definition) is 1. The summed E-state index contributed by atoms with van der Waals surface area (Å²) in [5.74, 6) is 1.46. The van der Waals surface area contributed by atoms with Gasteiger partial charge in [-0.2, -0.15) is 0 Å². The molecule has 4 nitrogen and oxygen atoms in total. The quantitative estimate of drug-likeness (QED) is 0.837. The number of rotatable bonds is 6. The van der Waals surface area contributed by atoms with E-state index >= 15 is 0 Å².